The van der Waals surface area contributed by atoms with Crippen molar-refractivity contribution in [3.63, 3.8) is 0 Å². The number of carbonyl (C=O) groups excluding carboxylic acids is 1. The first kappa shape index (κ1) is 24.0. The molecule has 0 aromatic rings. The Kier molecular flexibility index (Phi) is 15.3. The molecule has 0 fully saturated rings. The van der Waals surface area contributed by atoms with Gasteiger partial charge >= 0.3 is 156 Å². The number of esters is 1. The Morgan fingerprint density at radius 3 is 1.62 bits per heavy atom. The molecule has 0 radical (unpaired) electrons. The number of rotatable bonds is 15. The van der Waals surface area contributed by atoms with Gasteiger partial charge in [0.1, 0.15) is 0 Å². The van der Waals surface area contributed by atoms with E-state index in [1.807, 2.05) is 6.92 Å². The minimum atomic E-state index is -2.66. The van der Waals surface area contributed by atoms with E-state index in [-0.39, 0.29) is 5.97 Å². The van der Waals surface area contributed by atoms with E-state index in [9.17, 15) is 4.79 Å². The monoisotopic (exact) mass is 446 g/mol. The molecule has 0 atom stereocenters. The fourth-order valence-corrected chi connectivity index (χ4v) is 19.9. The molecule has 0 aliphatic carbocycles. The number of hydrogen-bond acceptors (Lipinski definition) is 2. The molecule has 0 unspecified atom stereocenters. The van der Waals surface area contributed by atoms with Crippen molar-refractivity contribution < 1.29 is 9.53 Å². The van der Waals surface area contributed by atoms with Gasteiger partial charge in [-0.1, -0.05) is 0 Å². The van der Waals surface area contributed by atoms with E-state index in [1.54, 1.807) is 0 Å². The average Bonchev–Trinajstić information content (AvgIpc) is 2.59. The van der Waals surface area contributed by atoms with Crippen molar-refractivity contribution >= 4 is 24.3 Å². The minimum absolute atomic E-state index is 0.0349. The second-order valence-corrected chi connectivity index (χ2v) is 20.2. The number of ether oxygens (including phenoxy) is 1. The number of allylic oxidation sites excluding steroid dienone is 1. The van der Waals surface area contributed by atoms with Crippen LogP contribution in [0.15, 0.2) is 9.67 Å². The van der Waals surface area contributed by atoms with Crippen LogP contribution < -0.4 is 0 Å². The third-order valence-corrected chi connectivity index (χ3v) is 20.6. The molecule has 0 aromatic heterocycles. The van der Waals surface area contributed by atoms with Gasteiger partial charge in [-0.2, -0.15) is 0 Å². The summed E-state index contributed by atoms with van der Waals surface area (Å²) in [7, 11) is 0. The summed E-state index contributed by atoms with van der Waals surface area (Å²) in [5.74, 6) is 0.0349. The molecule has 0 rings (SSSR count). The zero-order chi connectivity index (χ0) is 18.3. The molecule has 0 saturated heterocycles. The molecule has 2 nitrogen and oxygen atoms in total. The Hall–Kier alpha value is 0.00870. The number of carbonyl (C=O) groups is 1. The molecule has 0 bridgehead atoms. The van der Waals surface area contributed by atoms with E-state index in [4.69, 9.17) is 4.74 Å². The van der Waals surface area contributed by atoms with Crippen molar-refractivity contribution in [2.45, 2.75) is 106 Å². The predicted molar refractivity (Wildman–Crippen MR) is 109 cm³/mol. The zero-order valence-corrected chi connectivity index (χ0v) is 19.9. The van der Waals surface area contributed by atoms with E-state index >= 15 is 0 Å². The average molecular weight is 445 g/mol. The summed E-state index contributed by atoms with van der Waals surface area (Å²) < 4.78 is 10.7. The number of unbranched alkanes of at least 4 members (excludes halogenated alkanes) is 5. The SMILES string of the molecule is CCCC/C=[C](\C(=O)OCC)[Sn]([CH2]CCC)([CH2]CCC)[CH2]CCC. The second-order valence-electron chi connectivity index (χ2n) is 7.07. The van der Waals surface area contributed by atoms with Crippen LogP contribution in [-0.4, -0.2) is 31.0 Å². The van der Waals surface area contributed by atoms with Crippen LogP contribution in [0.25, 0.3) is 0 Å². The van der Waals surface area contributed by atoms with E-state index in [1.165, 1.54) is 68.3 Å². The molecular formula is C21H42O2Sn. The van der Waals surface area contributed by atoms with Crippen molar-refractivity contribution in [1.82, 2.24) is 0 Å². The van der Waals surface area contributed by atoms with E-state index in [0.29, 0.717) is 6.61 Å². The predicted octanol–water partition coefficient (Wildman–Crippen LogP) is 7.05. The van der Waals surface area contributed by atoms with Gasteiger partial charge in [-0.25, -0.2) is 0 Å². The molecule has 0 saturated carbocycles. The molecule has 24 heavy (non-hydrogen) atoms. The van der Waals surface area contributed by atoms with Crippen LogP contribution >= 0.6 is 0 Å². The van der Waals surface area contributed by atoms with Crippen LogP contribution in [0.1, 0.15) is 92.4 Å². The van der Waals surface area contributed by atoms with Crippen molar-refractivity contribution in [2.24, 2.45) is 0 Å². The summed E-state index contributed by atoms with van der Waals surface area (Å²) in [6, 6.07) is 0. The molecule has 3 heteroatoms. The number of hydrogen-bond donors (Lipinski definition) is 0. The summed E-state index contributed by atoms with van der Waals surface area (Å²) in [5.41, 5.74) is 0. The first-order chi connectivity index (χ1) is 11.6. The topological polar surface area (TPSA) is 26.3 Å². The van der Waals surface area contributed by atoms with E-state index < -0.39 is 18.4 Å². The van der Waals surface area contributed by atoms with Gasteiger partial charge < -0.3 is 0 Å². The van der Waals surface area contributed by atoms with Gasteiger partial charge in [0.2, 0.25) is 0 Å². The second kappa shape index (κ2) is 15.3. The van der Waals surface area contributed by atoms with Gasteiger partial charge in [-0.05, 0) is 0 Å². The molecule has 0 aliphatic heterocycles. The van der Waals surface area contributed by atoms with Crippen molar-refractivity contribution in [3.05, 3.63) is 9.67 Å². The van der Waals surface area contributed by atoms with Gasteiger partial charge in [0, 0.05) is 0 Å². The standard InChI is InChI=1S/C9H15O2.3C4H9.Sn/c1-3-5-6-7-8-9(10)11-4-2;3*1-3-4-2;/h7H,3-6H2,1-2H3;3*1,3-4H2,2H3;. The Labute approximate surface area is 155 Å². The van der Waals surface area contributed by atoms with Gasteiger partial charge in [0.05, 0.1) is 0 Å². The fraction of sp³-hybridized carbons (Fsp3) is 0.857. The normalized spacial score (nSPS) is 12.5. The molecular weight excluding hydrogens is 403 g/mol. The van der Waals surface area contributed by atoms with Crippen LogP contribution in [0, 0.1) is 0 Å². The van der Waals surface area contributed by atoms with Gasteiger partial charge in [-0.15, -0.1) is 0 Å². The van der Waals surface area contributed by atoms with Crippen LogP contribution in [0.5, 0.6) is 0 Å². The van der Waals surface area contributed by atoms with Crippen LogP contribution in [-0.2, 0) is 9.53 Å². The Morgan fingerprint density at radius 1 is 0.792 bits per heavy atom. The maximum atomic E-state index is 12.8. The van der Waals surface area contributed by atoms with Gasteiger partial charge in [0.15, 0.2) is 0 Å². The summed E-state index contributed by atoms with van der Waals surface area (Å²) in [6.07, 6.45) is 13.3. The molecule has 0 heterocycles. The summed E-state index contributed by atoms with van der Waals surface area (Å²) in [4.78, 5) is 12.8. The van der Waals surface area contributed by atoms with Gasteiger partial charge in [0.25, 0.3) is 0 Å². The molecule has 0 amide bonds. The van der Waals surface area contributed by atoms with Crippen molar-refractivity contribution in [3.8, 4) is 0 Å². The van der Waals surface area contributed by atoms with Crippen LogP contribution in [0.2, 0.25) is 13.3 Å². The summed E-state index contributed by atoms with van der Waals surface area (Å²) in [5, 5.41) is 0. The third kappa shape index (κ3) is 8.92. The zero-order valence-electron chi connectivity index (χ0n) is 17.1. The third-order valence-electron chi connectivity index (χ3n) is 5.00. The summed E-state index contributed by atoms with van der Waals surface area (Å²) >= 11 is -2.66. The Morgan fingerprint density at radius 2 is 1.25 bits per heavy atom. The van der Waals surface area contributed by atoms with Gasteiger partial charge in [-0.3, -0.25) is 0 Å². The quantitative estimate of drug-likeness (QED) is 0.117. The molecule has 0 aliphatic rings. The van der Waals surface area contributed by atoms with Crippen molar-refractivity contribution in [2.75, 3.05) is 6.61 Å². The van der Waals surface area contributed by atoms with Crippen molar-refractivity contribution in [1.29, 1.82) is 0 Å². The Bertz CT molecular complexity index is 328. The molecule has 142 valence electrons. The first-order valence-corrected chi connectivity index (χ1v) is 18.0. The Balaban J connectivity index is 5.67. The van der Waals surface area contributed by atoms with Crippen LogP contribution in [0.3, 0.4) is 0 Å². The van der Waals surface area contributed by atoms with E-state index in [2.05, 4.69) is 33.8 Å². The molecule has 0 aromatic carbocycles. The van der Waals surface area contributed by atoms with Crippen LogP contribution in [0.4, 0.5) is 0 Å². The van der Waals surface area contributed by atoms with E-state index in [0.717, 1.165) is 6.42 Å². The summed E-state index contributed by atoms with van der Waals surface area (Å²) in [6.45, 7) is 11.5. The first-order valence-electron chi connectivity index (χ1n) is 10.5. The molecule has 0 N–H and O–H groups in total. The molecule has 0 spiro atoms. The fourth-order valence-electron chi connectivity index (χ4n) is 3.50. The maximum absolute atomic E-state index is 12.8.